The second-order valence-corrected chi connectivity index (χ2v) is 5.21. The number of carbonyl (C=O) groups is 1. The molecule has 0 aliphatic rings. The summed E-state index contributed by atoms with van der Waals surface area (Å²) in [5, 5.41) is 3.84. The van der Waals surface area contributed by atoms with Crippen LogP contribution < -0.4 is 4.74 Å². The van der Waals surface area contributed by atoms with Crippen molar-refractivity contribution in [1.82, 2.24) is 10.1 Å². The summed E-state index contributed by atoms with van der Waals surface area (Å²) < 4.78 is 11.4. The van der Waals surface area contributed by atoms with Crippen LogP contribution in [0.2, 0.25) is 0 Å². The fourth-order valence-corrected chi connectivity index (χ4v) is 1.82. The molecule has 6 heteroatoms. The summed E-state index contributed by atoms with van der Waals surface area (Å²) in [5.41, 5.74) is 0.470. The number of benzene rings is 1. The molecule has 0 aliphatic heterocycles. The molecule has 0 N–H and O–H groups in total. The van der Waals surface area contributed by atoms with Gasteiger partial charge in [0.25, 0.3) is 5.89 Å². The topological polar surface area (TPSA) is 65.2 Å². The standard InChI is InChI=1S/C13H13BrN2O3/c1-8(2)13-15-12(19-16-13)7-18-11-4-3-10(14)5-9(11)6-17/h3-6,8H,7H2,1-2H3. The van der Waals surface area contributed by atoms with Gasteiger partial charge in [-0.05, 0) is 18.2 Å². The third kappa shape index (κ3) is 3.41. The van der Waals surface area contributed by atoms with Crippen LogP contribution in [0.5, 0.6) is 5.75 Å². The SMILES string of the molecule is CC(C)c1noc(COc2ccc(Br)cc2C=O)n1. The van der Waals surface area contributed by atoms with Crippen LogP contribution in [0.1, 0.15) is 41.8 Å². The van der Waals surface area contributed by atoms with Gasteiger partial charge in [0.2, 0.25) is 0 Å². The fraction of sp³-hybridized carbons (Fsp3) is 0.308. The molecule has 1 heterocycles. The van der Waals surface area contributed by atoms with Crippen molar-refractivity contribution in [2.75, 3.05) is 0 Å². The van der Waals surface area contributed by atoms with Gasteiger partial charge in [0.15, 0.2) is 18.7 Å². The summed E-state index contributed by atoms with van der Waals surface area (Å²) in [7, 11) is 0. The van der Waals surface area contributed by atoms with Crippen molar-refractivity contribution < 1.29 is 14.1 Å². The molecule has 0 atom stereocenters. The van der Waals surface area contributed by atoms with Gasteiger partial charge in [-0.25, -0.2) is 0 Å². The first-order valence-corrected chi connectivity index (χ1v) is 6.59. The van der Waals surface area contributed by atoms with Crippen LogP contribution in [0.3, 0.4) is 0 Å². The lowest BCUT2D eigenvalue weighted by molar-refractivity contribution is 0.111. The maximum Gasteiger partial charge on any atom is 0.264 e. The van der Waals surface area contributed by atoms with E-state index in [0.29, 0.717) is 23.0 Å². The highest BCUT2D eigenvalue weighted by molar-refractivity contribution is 9.10. The molecule has 0 amide bonds. The molecule has 2 aromatic rings. The van der Waals surface area contributed by atoms with E-state index in [9.17, 15) is 4.79 Å². The molecule has 0 saturated heterocycles. The van der Waals surface area contributed by atoms with Crippen molar-refractivity contribution in [3.05, 3.63) is 40.0 Å². The van der Waals surface area contributed by atoms with Crippen LogP contribution >= 0.6 is 15.9 Å². The largest absolute Gasteiger partial charge is 0.483 e. The molecule has 0 radical (unpaired) electrons. The van der Waals surface area contributed by atoms with Crippen LogP contribution in [0, 0.1) is 0 Å². The Kier molecular flexibility index (Phi) is 4.31. The smallest absolute Gasteiger partial charge is 0.264 e. The van der Waals surface area contributed by atoms with Gasteiger partial charge in [-0.3, -0.25) is 4.79 Å². The summed E-state index contributed by atoms with van der Waals surface area (Å²) in [6, 6.07) is 5.21. The number of hydrogen-bond donors (Lipinski definition) is 0. The van der Waals surface area contributed by atoms with Crippen LogP contribution in [-0.2, 0) is 6.61 Å². The third-order valence-electron chi connectivity index (χ3n) is 2.45. The van der Waals surface area contributed by atoms with E-state index in [1.54, 1.807) is 18.2 Å². The van der Waals surface area contributed by atoms with Crippen molar-refractivity contribution in [3.8, 4) is 5.75 Å². The molecular weight excluding hydrogens is 312 g/mol. The van der Waals surface area contributed by atoms with Crippen LogP contribution in [0.4, 0.5) is 0 Å². The van der Waals surface area contributed by atoms with Crippen molar-refractivity contribution in [3.63, 3.8) is 0 Å². The van der Waals surface area contributed by atoms with E-state index < -0.39 is 0 Å². The van der Waals surface area contributed by atoms with Gasteiger partial charge in [-0.2, -0.15) is 4.98 Å². The molecule has 5 nitrogen and oxygen atoms in total. The average molecular weight is 325 g/mol. The summed E-state index contributed by atoms with van der Waals surface area (Å²) >= 11 is 3.30. The minimum Gasteiger partial charge on any atom is -0.483 e. The number of aldehydes is 1. The molecule has 1 aromatic heterocycles. The Morgan fingerprint density at radius 3 is 2.89 bits per heavy atom. The number of rotatable bonds is 5. The van der Waals surface area contributed by atoms with E-state index in [2.05, 4.69) is 26.1 Å². The highest BCUT2D eigenvalue weighted by Gasteiger charge is 2.11. The Hall–Kier alpha value is -1.69. The van der Waals surface area contributed by atoms with E-state index in [-0.39, 0.29) is 12.5 Å². The predicted molar refractivity (Wildman–Crippen MR) is 72.2 cm³/mol. The van der Waals surface area contributed by atoms with Crippen LogP contribution in [-0.4, -0.2) is 16.4 Å². The zero-order chi connectivity index (χ0) is 13.8. The van der Waals surface area contributed by atoms with E-state index in [0.717, 1.165) is 10.8 Å². The number of ether oxygens (including phenoxy) is 1. The van der Waals surface area contributed by atoms with Gasteiger partial charge in [-0.15, -0.1) is 0 Å². The zero-order valence-electron chi connectivity index (χ0n) is 10.6. The van der Waals surface area contributed by atoms with Crippen molar-refractivity contribution >= 4 is 22.2 Å². The van der Waals surface area contributed by atoms with E-state index >= 15 is 0 Å². The van der Waals surface area contributed by atoms with Gasteiger partial charge in [0.05, 0.1) is 5.56 Å². The van der Waals surface area contributed by atoms with Crippen molar-refractivity contribution in [2.24, 2.45) is 0 Å². The quantitative estimate of drug-likeness (QED) is 0.789. The first-order valence-electron chi connectivity index (χ1n) is 5.80. The number of carbonyl (C=O) groups excluding carboxylic acids is 1. The Bertz CT molecular complexity index is 581. The van der Waals surface area contributed by atoms with Gasteiger partial charge in [0, 0.05) is 10.4 Å². The number of halogens is 1. The monoisotopic (exact) mass is 324 g/mol. The fourth-order valence-electron chi connectivity index (χ4n) is 1.44. The molecular formula is C13H13BrN2O3. The molecule has 2 rings (SSSR count). The van der Waals surface area contributed by atoms with Gasteiger partial charge >= 0.3 is 0 Å². The third-order valence-corrected chi connectivity index (χ3v) is 2.94. The maximum atomic E-state index is 10.9. The second-order valence-electron chi connectivity index (χ2n) is 4.29. The van der Waals surface area contributed by atoms with Crippen LogP contribution in [0.25, 0.3) is 0 Å². The van der Waals surface area contributed by atoms with Gasteiger partial charge in [-0.1, -0.05) is 34.9 Å². The lowest BCUT2D eigenvalue weighted by Gasteiger charge is -2.06. The molecule has 0 fully saturated rings. The van der Waals surface area contributed by atoms with E-state index in [1.165, 1.54) is 0 Å². The summed E-state index contributed by atoms with van der Waals surface area (Å²) in [6.07, 6.45) is 0.744. The molecule has 19 heavy (non-hydrogen) atoms. The van der Waals surface area contributed by atoms with Crippen molar-refractivity contribution in [2.45, 2.75) is 26.4 Å². The normalized spacial score (nSPS) is 10.7. The molecule has 100 valence electrons. The zero-order valence-corrected chi connectivity index (χ0v) is 12.2. The minimum absolute atomic E-state index is 0.141. The average Bonchev–Trinajstić information content (AvgIpc) is 2.86. The van der Waals surface area contributed by atoms with Gasteiger partial charge in [0.1, 0.15) is 5.75 Å². The first kappa shape index (κ1) is 13.7. The Morgan fingerprint density at radius 1 is 1.47 bits per heavy atom. The molecule has 0 bridgehead atoms. The first-order chi connectivity index (χ1) is 9.10. The highest BCUT2D eigenvalue weighted by Crippen LogP contribution is 2.22. The van der Waals surface area contributed by atoms with E-state index in [4.69, 9.17) is 9.26 Å². The Balaban J connectivity index is 2.07. The number of nitrogens with zero attached hydrogens (tertiary/aromatic N) is 2. The Morgan fingerprint density at radius 2 is 2.26 bits per heavy atom. The highest BCUT2D eigenvalue weighted by atomic mass is 79.9. The molecule has 0 unspecified atom stereocenters. The summed E-state index contributed by atoms with van der Waals surface area (Å²) in [4.78, 5) is 15.1. The molecule has 1 aromatic carbocycles. The Labute approximate surface area is 119 Å². The van der Waals surface area contributed by atoms with Crippen LogP contribution in [0.15, 0.2) is 27.2 Å². The predicted octanol–water partition coefficient (Wildman–Crippen LogP) is 3.35. The molecule has 0 saturated carbocycles. The summed E-state index contributed by atoms with van der Waals surface area (Å²) in [6.45, 7) is 4.10. The minimum atomic E-state index is 0.141. The molecule has 0 spiro atoms. The van der Waals surface area contributed by atoms with E-state index in [1.807, 2.05) is 13.8 Å². The van der Waals surface area contributed by atoms with Gasteiger partial charge < -0.3 is 9.26 Å². The number of aromatic nitrogens is 2. The van der Waals surface area contributed by atoms with Crippen molar-refractivity contribution in [1.29, 1.82) is 0 Å². The molecule has 0 aliphatic carbocycles. The maximum absolute atomic E-state index is 10.9. The summed E-state index contributed by atoms with van der Waals surface area (Å²) in [5.74, 6) is 1.73. The second kappa shape index (κ2) is 5.97. The lowest BCUT2D eigenvalue weighted by Crippen LogP contribution is -1.99. The number of hydrogen-bond acceptors (Lipinski definition) is 5. The lowest BCUT2D eigenvalue weighted by atomic mass is 10.2.